The van der Waals surface area contributed by atoms with Crippen LogP contribution in [0.15, 0.2) is 22.7 Å². The van der Waals surface area contributed by atoms with E-state index in [4.69, 9.17) is 9.47 Å². The Morgan fingerprint density at radius 1 is 1.24 bits per heavy atom. The topological polar surface area (TPSA) is 27.7 Å². The van der Waals surface area contributed by atoms with Crippen molar-refractivity contribution in [3.8, 4) is 11.5 Å². The van der Waals surface area contributed by atoms with Gasteiger partial charge < -0.3 is 14.2 Å². The summed E-state index contributed by atoms with van der Waals surface area (Å²) < 4.78 is 50.0. The lowest BCUT2D eigenvalue weighted by atomic mass is 10.3. The molecule has 1 rings (SSSR count). The van der Waals surface area contributed by atoms with Crippen LogP contribution < -0.4 is 9.47 Å². The van der Waals surface area contributed by atoms with Crippen LogP contribution in [0.1, 0.15) is 0 Å². The van der Waals surface area contributed by atoms with E-state index < -0.39 is 6.36 Å². The van der Waals surface area contributed by atoms with Crippen LogP contribution >= 0.6 is 15.9 Å². The molecule has 3 nitrogen and oxygen atoms in total. The Labute approximate surface area is 105 Å². The van der Waals surface area contributed by atoms with E-state index in [-0.39, 0.29) is 5.75 Å². The van der Waals surface area contributed by atoms with Crippen LogP contribution in [0.2, 0.25) is 0 Å². The lowest BCUT2D eigenvalue weighted by Crippen LogP contribution is -2.17. The van der Waals surface area contributed by atoms with Crippen molar-refractivity contribution in [2.75, 3.05) is 20.3 Å². The van der Waals surface area contributed by atoms with Crippen molar-refractivity contribution in [3.63, 3.8) is 0 Å². The Bertz CT molecular complexity index is 368. The van der Waals surface area contributed by atoms with Gasteiger partial charge in [-0.05, 0) is 34.1 Å². The maximum absolute atomic E-state index is 11.9. The zero-order chi connectivity index (χ0) is 12.9. The van der Waals surface area contributed by atoms with Crippen LogP contribution in [-0.4, -0.2) is 26.7 Å². The monoisotopic (exact) mass is 314 g/mol. The number of benzene rings is 1. The van der Waals surface area contributed by atoms with Gasteiger partial charge in [0.15, 0.2) is 0 Å². The maximum Gasteiger partial charge on any atom is 0.573 e. The Kier molecular flexibility index (Phi) is 5.07. The molecule has 96 valence electrons. The van der Waals surface area contributed by atoms with Crippen LogP contribution in [0.5, 0.6) is 11.5 Å². The Morgan fingerprint density at radius 2 is 1.94 bits per heavy atom. The highest BCUT2D eigenvalue weighted by Crippen LogP contribution is 2.31. The van der Waals surface area contributed by atoms with Gasteiger partial charge in [-0.2, -0.15) is 0 Å². The van der Waals surface area contributed by atoms with Crippen LogP contribution in [-0.2, 0) is 4.74 Å². The summed E-state index contributed by atoms with van der Waals surface area (Å²) in [6.07, 6.45) is -4.70. The van der Waals surface area contributed by atoms with Crippen molar-refractivity contribution in [2.45, 2.75) is 6.36 Å². The molecule has 0 aliphatic carbocycles. The molecule has 0 heterocycles. The molecule has 0 aliphatic heterocycles. The first kappa shape index (κ1) is 14.1. The fourth-order valence-electron chi connectivity index (χ4n) is 1.03. The Hall–Kier alpha value is -0.950. The number of hydrogen-bond acceptors (Lipinski definition) is 3. The number of hydrogen-bond donors (Lipinski definition) is 0. The van der Waals surface area contributed by atoms with Gasteiger partial charge in [0.25, 0.3) is 0 Å². The summed E-state index contributed by atoms with van der Waals surface area (Å²) in [6, 6.07) is 3.76. The smallest absolute Gasteiger partial charge is 0.490 e. The van der Waals surface area contributed by atoms with Crippen molar-refractivity contribution in [1.29, 1.82) is 0 Å². The summed E-state index contributed by atoms with van der Waals surface area (Å²) >= 11 is 3.09. The summed E-state index contributed by atoms with van der Waals surface area (Å²) in [5.74, 6) is 0.125. The Balaban J connectivity index is 2.66. The molecule has 0 unspecified atom stereocenters. The lowest BCUT2D eigenvalue weighted by Gasteiger charge is -2.11. The molecule has 0 fully saturated rings. The minimum absolute atomic E-state index is 0.302. The summed E-state index contributed by atoms with van der Waals surface area (Å²) in [5.41, 5.74) is 0. The second kappa shape index (κ2) is 6.11. The zero-order valence-corrected chi connectivity index (χ0v) is 10.5. The highest BCUT2D eigenvalue weighted by molar-refractivity contribution is 9.10. The second-order valence-electron chi connectivity index (χ2n) is 2.98. The van der Waals surface area contributed by atoms with Crippen LogP contribution in [0.25, 0.3) is 0 Å². The van der Waals surface area contributed by atoms with Gasteiger partial charge in [0.2, 0.25) is 0 Å². The first-order valence-electron chi connectivity index (χ1n) is 4.59. The standard InChI is InChI=1S/C10H10BrF3O3/c1-15-4-5-16-9-3-2-7(6-8(9)11)17-10(12,13)14/h2-3,6H,4-5H2,1H3. The largest absolute Gasteiger partial charge is 0.573 e. The van der Waals surface area contributed by atoms with Gasteiger partial charge in [-0.1, -0.05) is 0 Å². The van der Waals surface area contributed by atoms with Gasteiger partial charge in [-0.25, -0.2) is 0 Å². The molecule has 0 bridgehead atoms. The molecule has 0 saturated heterocycles. The summed E-state index contributed by atoms with van der Waals surface area (Å²) in [5, 5.41) is 0. The zero-order valence-electron chi connectivity index (χ0n) is 8.88. The third-order valence-corrected chi connectivity index (χ3v) is 2.30. The first-order chi connectivity index (χ1) is 7.92. The molecule has 0 spiro atoms. The minimum atomic E-state index is -4.70. The quantitative estimate of drug-likeness (QED) is 0.780. The normalized spacial score (nSPS) is 11.4. The fraction of sp³-hybridized carbons (Fsp3) is 0.400. The van der Waals surface area contributed by atoms with E-state index in [9.17, 15) is 13.2 Å². The predicted molar refractivity (Wildman–Crippen MR) is 58.2 cm³/mol. The molecule has 0 atom stereocenters. The molecule has 7 heteroatoms. The first-order valence-corrected chi connectivity index (χ1v) is 5.38. The van der Waals surface area contributed by atoms with Crippen molar-refractivity contribution in [1.82, 2.24) is 0 Å². The van der Waals surface area contributed by atoms with Crippen molar-refractivity contribution in [2.24, 2.45) is 0 Å². The molecule has 0 radical (unpaired) electrons. The summed E-state index contributed by atoms with van der Waals surface area (Å²) in [4.78, 5) is 0. The molecule has 17 heavy (non-hydrogen) atoms. The average Bonchev–Trinajstić information content (AvgIpc) is 2.19. The molecule has 1 aromatic carbocycles. The van der Waals surface area contributed by atoms with E-state index in [1.165, 1.54) is 25.3 Å². The van der Waals surface area contributed by atoms with Crippen LogP contribution in [0.4, 0.5) is 13.2 Å². The number of ether oxygens (including phenoxy) is 3. The number of methoxy groups -OCH3 is 1. The van der Waals surface area contributed by atoms with E-state index in [2.05, 4.69) is 20.7 Å². The average molecular weight is 315 g/mol. The van der Waals surface area contributed by atoms with Gasteiger partial charge in [-0.15, -0.1) is 13.2 Å². The maximum atomic E-state index is 11.9. The molecular formula is C10H10BrF3O3. The number of rotatable bonds is 5. The lowest BCUT2D eigenvalue weighted by molar-refractivity contribution is -0.274. The molecule has 1 aromatic rings. The predicted octanol–water partition coefficient (Wildman–Crippen LogP) is 3.37. The van der Waals surface area contributed by atoms with Gasteiger partial charge in [0, 0.05) is 7.11 Å². The van der Waals surface area contributed by atoms with E-state index in [1.54, 1.807) is 0 Å². The summed E-state index contributed by atoms with van der Waals surface area (Å²) in [6.45, 7) is 0.710. The summed E-state index contributed by atoms with van der Waals surface area (Å²) in [7, 11) is 1.53. The van der Waals surface area contributed by atoms with E-state index in [0.29, 0.717) is 23.4 Å². The molecule has 0 aromatic heterocycles. The van der Waals surface area contributed by atoms with Gasteiger partial charge in [0.05, 0.1) is 11.1 Å². The van der Waals surface area contributed by atoms with E-state index in [0.717, 1.165) is 0 Å². The van der Waals surface area contributed by atoms with Gasteiger partial charge in [0.1, 0.15) is 18.1 Å². The molecular weight excluding hydrogens is 305 g/mol. The molecule has 0 amide bonds. The Morgan fingerprint density at radius 3 is 2.47 bits per heavy atom. The van der Waals surface area contributed by atoms with E-state index >= 15 is 0 Å². The van der Waals surface area contributed by atoms with Crippen molar-refractivity contribution in [3.05, 3.63) is 22.7 Å². The highest BCUT2D eigenvalue weighted by Gasteiger charge is 2.31. The molecule has 0 N–H and O–H groups in total. The highest BCUT2D eigenvalue weighted by atomic mass is 79.9. The van der Waals surface area contributed by atoms with Gasteiger partial charge >= 0.3 is 6.36 Å². The number of alkyl halides is 3. The number of halogens is 4. The minimum Gasteiger partial charge on any atom is -0.490 e. The third-order valence-electron chi connectivity index (χ3n) is 1.68. The van der Waals surface area contributed by atoms with Crippen molar-refractivity contribution >= 4 is 15.9 Å². The van der Waals surface area contributed by atoms with Crippen molar-refractivity contribution < 1.29 is 27.4 Å². The fourth-order valence-corrected chi connectivity index (χ4v) is 1.50. The third kappa shape index (κ3) is 5.27. The van der Waals surface area contributed by atoms with Gasteiger partial charge in [-0.3, -0.25) is 0 Å². The van der Waals surface area contributed by atoms with Crippen LogP contribution in [0.3, 0.4) is 0 Å². The molecule has 0 aliphatic rings. The van der Waals surface area contributed by atoms with E-state index in [1.807, 2.05) is 0 Å². The van der Waals surface area contributed by atoms with Crippen LogP contribution in [0, 0.1) is 0 Å². The second-order valence-corrected chi connectivity index (χ2v) is 3.84. The molecule has 0 saturated carbocycles. The SMILES string of the molecule is COCCOc1ccc(OC(F)(F)F)cc1Br.